The van der Waals surface area contributed by atoms with Crippen molar-refractivity contribution < 1.29 is 0 Å². The van der Waals surface area contributed by atoms with Gasteiger partial charge in [-0.25, -0.2) is 0 Å². The van der Waals surface area contributed by atoms with Crippen molar-refractivity contribution in [1.29, 1.82) is 0 Å². The van der Waals surface area contributed by atoms with E-state index in [0.29, 0.717) is 12.1 Å². The highest BCUT2D eigenvalue weighted by Gasteiger charge is 2.28. The molecule has 1 atom stereocenters. The second-order valence-corrected chi connectivity index (χ2v) is 3.46. The molecule has 70 valence electrons. The summed E-state index contributed by atoms with van der Waals surface area (Å²) in [5.74, 6) is 0. The summed E-state index contributed by atoms with van der Waals surface area (Å²) in [6.07, 6.45) is 0. The Kier molecular flexibility index (Phi) is 3.69. The van der Waals surface area contributed by atoms with Crippen LogP contribution in [0.15, 0.2) is 4.99 Å². The van der Waals surface area contributed by atoms with Crippen LogP contribution in [0, 0.1) is 0 Å². The molecule has 0 saturated carbocycles. The summed E-state index contributed by atoms with van der Waals surface area (Å²) in [7, 11) is 0. The molecule has 0 aromatic rings. The molecule has 1 heterocycles. The highest BCUT2D eigenvalue weighted by atomic mass is 15.3. The van der Waals surface area contributed by atoms with E-state index in [1.54, 1.807) is 0 Å². The lowest BCUT2D eigenvalue weighted by Crippen LogP contribution is -2.61. The number of hydrogen-bond donors (Lipinski definition) is 1. The van der Waals surface area contributed by atoms with Gasteiger partial charge in [-0.1, -0.05) is 6.92 Å². The number of nitrogens with one attached hydrogen (secondary N) is 1. The molecule has 0 spiro atoms. The van der Waals surface area contributed by atoms with Crippen LogP contribution in [0.25, 0.3) is 0 Å². The Morgan fingerprint density at radius 2 is 2.33 bits per heavy atom. The maximum atomic E-state index is 3.90. The van der Waals surface area contributed by atoms with Gasteiger partial charge in [-0.05, 0) is 20.2 Å². The SMILES string of the molecule is C=NCC(C)N1CC(NCC)C1. The smallest absolute Gasteiger partial charge is 0.0535 e. The lowest BCUT2D eigenvalue weighted by Gasteiger charge is -2.43. The van der Waals surface area contributed by atoms with E-state index in [1.165, 1.54) is 13.1 Å². The van der Waals surface area contributed by atoms with Crippen molar-refractivity contribution in [3.05, 3.63) is 0 Å². The summed E-state index contributed by atoms with van der Waals surface area (Å²) < 4.78 is 0. The van der Waals surface area contributed by atoms with E-state index >= 15 is 0 Å². The zero-order valence-corrected chi connectivity index (χ0v) is 8.08. The van der Waals surface area contributed by atoms with Crippen LogP contribution in [0.1, 0.15) is 13.8 Å². The van der Waals surface area contributed by atoms with E-state index < -0.39 is 0 Å². The number of rotatable bonds is 5. The minimum atomic E-state index is 0.567. The molecular formula is C9H19N3. The first-order valence-corrected chi connectivity index (χ1v) is 4.67. The van der Waals surface area contributed by atoms with Gasteiger partial charge in [0.25, 0.3) is 0 Å². The molecule has 12 heavy (non-hydrogen) atoms. The summed E-state index contributed by atoms with van der Waals surface area (Å²) in [6, 6.07) is 1.28. The molecule has 0 aliphatic carbocycles. The van der Waals surface area contributed by atoms with Gasteiger partial charge >= 0.3 is 0 Å². The summed E-state index contributed by atoms with van der Waals surface area (Å²) in [6.45, 7) is 12.1. The number of aliphatic imine (C=N–C) groups is 1. The number of likely N-dealkylation sites (N-methyl/N-ethyl adjacent to an activating group) is 1. The fourth-order valence-electron chi connectivity index (χ4n) is 1.59. The van der Waals surface area contributed by atoms with Gasteiger partial charge in [0.1, 0.15) is 0 Å². The average molecular weight is 169 g/mol. The topological polar surface area (TPSA) is 27.6 Å². The van der Waals surface area contributed by atoms with Gasteiger partial charge in [0.15, 0.2) is 0 Å². The van der Waals surface area contributed by atoms with Gasteiger partial charge in [-0.15, -0.1) is 0 Å². The molecule has 3 heteroatoms. The van der Waals surface area contributed by atoms with Crippen LogP contribution in [0.3, 0.4) is 0 Å². The molecule has 1 unspecified atom stereocenters. The van der Waals surface area contributed by atoms with E-state index in [2.05, 4.69) is 35.8 Å². The Labute approximate surface area is 74.9 Å². The van der Waals surface area contributed by atoms with Gasteiger partial charge in [0, 0.05) is 25.2 Å². The van der Waals surface area contributed by atoms with Crippen molar-refractivity contribution >= 4 is 6.72 Å². The predicted molar refractivity (Wildman–Crippen MR) is 52.9 cm³/mol. The van der Waals surface area contributed by atoms with Gasteiger partial charge in [-0.2, -0.15) is 0 Å². The third-order valence-corrected chi connectivity index (χ3v) is 2.42. The molecule has 1 aliphatic rings. The number of likely N-dealkylation sites (tertiary alicyclic amines) is 1. The molecule has 1 rings (SSSR count). The normalized spacial score (nSPS) is 21.8. The molecule has 0 amide bonds. The third-order valence-electron chi connectivity index (χ3n) is 2.42. The Bertz CT molecular complexity index is 141. The monoisotopic (exact) mass is 169 g/mol. The fraction of sp³-hybridized carbons (Fsp3) is 0.889. The Morgan fingerprint density at radius 1 is 1.67 bits per heavy atom. The molecule has 0 aromatic carbocycles. The Balaban J connectivity index is 2.11. The first-order valence-electron chi connectivity index (χ1n) is 4.67. The predicted octanol–water partition coefficient (Wildman–Crippen LogP) is 0.369. The number of nitrogens with zero attached hydrogens (tertiary/aromatic N) is 2. The summed E-state index contributed by atoms with van der Waals surface area (Å²) >= 11 is 0. The first-order chi connectivity index (χ1) is 5.77. The highest BCUT2D eigenvalue weighted by molar-refractivity contribution is 5.23. The molecule has 1 saturated heterocycles. The van der Waals surface area contributed by atoms with Gasteiger partial charge < -0.3 is 5.32 Å². The molecular weight excluding hydrogens is 150 g/mol. The van der Waals surface area contributed by atoms with Crippen LogP contribution >= 0.6 is 0 Å². The standard InChI is InChI=1S/C9H19N3/c1-4-11-9-6-12(7-9)8(2)5-10-3/h8-9,11H,3-7H2,1-2H3. The van der Waals surface area contributed by atoms with Crippen LogP contribution in [-0.4, -0.2) is 49.9 Å². The first kappa shape index (κ1) is 9.68. The highest BCUT2D eigenvalue weighted by Crippen LogP contribution is 2.11. The van der Waals surface area contributed by atoms with E-state index in [4.69, 9.17) is 0 Å². The maximum Gasteiger partial charge on any atom is 0.0535 e. The molecule has 0 bridgehead atoms. The Morgan fingerprint density at radius 3 is 2.83 bits per heavy atom. The van der Waals surface area contributed by atoms with Crippen molar-refractivity contribution in [3.8, 4) is 0 Å². The van der Waals surface area contributed by atoms with Crippen LogP contribution in [0.2, 0.25) is 0 Å². The van der Waals surface area contributed by atoms with E-state index in [0.717, 1.165) is 13.1 Å². The second kappa shape index (κ2) is 4.58. The van der Waals surface area contributed by atoms with Gasteiger partial charge in [0.05, 0.1) is 6.54 Å². The fourth-order valence-corrected chi connectivity index (χ4v) is 1.59. The lowest BCUT2D eigenvalue weighted by atomic mass is 10.1. The molecule has 0 aromatic heterocycles. The maximum absolute atomic E-state index is 3.90. The molecule has 0 radical (unpaired) electrons. The van der Waals surface area contributed by atoms with E-state index in [9.17, 15) is 0 Å². The van der Waals surface area contributed by atoms with Crippen LogP contribution in [0.5, 0.6) is 0 Å². The lowest BCUT2D eigenvalue weighted by molar-refractivity contribution is 0.0890. The summed E-state index contributed by atoms with van der Waals surface area (Å²) in [5.41, 5.74) is 0. The van der Waals surface area contributed by atoms with E-state index in [1.807, 2.05) is 0 Å². The van der Waals surface area contributed by atoms with Gasteiger partial charge in [-0.3, -0.25) is 9.89 Å². The zero-order chi connectivity index (χ0) is 8.97. The van der Waals surface area contributed by atoms with Crippen LogP contribution < -0.4 is 5.32 Å². The van der Waals surface area contributed by atoms with Crippen molar-refractivity contribution in [2.24, 2.45) is 4.99 Å². The van der Waals surface area contributed by atoms with Gasteiger partial charge in [0.2, 0.25) is 0 Å². The van der Waals surface area contributed by atoms with E-state index in [-0.39, 0.29) is 0 Å². The van der Waals surface area contributed by atoms with Crippen molar-refractivity contribution in [2.45, 2.75) is 25.9 Å². The second-order valence-electron chi connectivity index (χ2n) is 3.46. The number of hydrogen-bond acceptors (Lipinski definition) is 3. The molecule has 3 nitrogen and oxygen atoms in total. The quantitative estimate of drug-likeness (QED) is 0.602. The molecule has 1 fully saturated rings. The summed E-state index contributed by atoms with van der Waals surface area (Å²) in [5, 5.41) is 3.42. The van der Waals surface area contributed by atoms with Crippen molar-refractivity contribution in [1.82, 2.24) is 10.2 Å². The minimum Gasteiger partial charge on any atom is -0.312 e. The van der Waals surface area contributed by atoms with Crippen LogP contribution in [0.4, 0.5) is 0 Å². The zero-order valence-electron chi connectivity index (χ0n) is 8.08. The average Bonchev–Trinajstić information content (AvgIpc) is 1.96. The van der Waals surface area contributed by atoms with Crippen LogP contribution in [-0.2, 0) is 0 Å². The molecule has 1 aliphatic heterocycles. The largest absolute Gasteiger partial charge is 0.312 e. The summed E-state index contributed by atoms with van der Waals surface area (Å²) in [4.78, 5) is 6.33. The molecule has 1 N–H and O–H groups in total. The van der Waals surface area contributed by atoms with Crippen molar-refractivity contribution in [3.63, 3.8) is 0 Å². The Hall–Kier alpha value is -0.410. The van der Waals surface area contributed by atoms with Crippen molar-refractivity contribution in [2.75, 3.05) is 26.2 Å². The minimum absolute atomic E-state index is 0.567. The third kappa shape index (κ3) is 2.29.